The fraction of sp³-hybridized carbons (Fsp3) is 0.733. The number of carbonyl (C=O) groups excluding carboxylic acids is 1. The quantitative estimate of drug-likeness (QED) is 0.746. The van der Waals surface area contributed by atoms with Crippen molar-refractivity contribution in [2.45, 2.75) is 26.3 Å². The fourth-order valence-corrected chi connectivity index (χ4v) is 2.65. The Hall–Kier alpha value is -1.60. The SMILES string of the molecule is CCC1CN(C(=O)COc2cc(C)on2)CCN1CCOC. The second kappa shape index (κ2) is 8.14. The first-order valence-corrected chi connectivity index (χ1v) is 7.71. The lowest BCUT2D eigenvalue weighted by Crippen LogP contribution is -2.55. The second-order valence-electron chi connectivity index (χ2n) is 5.50. The first-order chi connectivity index (χ1) is 10.6. The van der Waals surface area contributed by atoms with Gasteiger partial charge in [-0.2, -0.15) is 0 Å². The Morgan fingerprint density at radius 2 is 2.32 bits per heavy atom. The summed E-state index contributed by atoms with van der Waals surface area (Å²) in [5, 5.41) is 3.72. The van der Waals surface area contributed by atoms with Crippen LogP contribution in [0.5, 0.6) is 5.88 Å². The Morgan fingerprint density at radius 3 is 2.95 bits per heavy atom. The molecule has 0 aromatic carbocycles. The van der Waals surface area contributed by atoms with Gasteiger partial charge in [-0.05, 0) is 18.5 Å². The summed E-state index contributed by atoms with van der Waals surface area (Å²) in [6.07, 6.45) is 1.01. The van der Waals surface area contributed by atoms with Gasteiger partial charge in [-0.3, -0.25) is 9.69 Å². The van der Waals surface area contributed by atoms with Crippen molar-refractivity contribution < 1.29 is 18.8 Å². The molecule has 1 unspecified atom stereocenters. The zero-order valence-electron chi connectivity index (χ0n) is 13.6. The van der Waals surface area contributed by atoms with Crippen LogP contribution in [-0.4, -0.2) is 73.4 Å². The number of amides is 1. The number of hydrogen-bond acceptors (Lipinski definition) is 6. The van der Waals surface area contributed by atoms with Crippen LogP contribution in [0.4, 0.5) is 0 Å². The molecule has 7 heteroatoms. The average Bonchev–Trinajstić information content (AvgIpc) is 2.95. The van der Waals surface area contributed by atoms with Crippen molar-refractivity contribution in [1.29, 1.82) is 0 Å². The molecule has 1 saturated heterocycles. The molecule has 0 saturated carbocycles. The van der Waals surface area contributed by atoms with E-state index in [0.717, 1.165) is 39.2 Å². The molecule has 0 aliphatic carbocycles. The molecule has 1 fully saturated rings. The van der Waals surface area contributed by atoms with E-state index in [4.69, 9.17) is 14.0 Å². The summed E-state index contributed by atoms with van der Waals surface area (Å²) >= 11 is 0. The summed E-state index contributed by atoms with van der Waals surface area (Å²) in [4.78, 5) is 16.5. The number of nitrogens with zero attached hydrogens (tertiary/aromatic N) is 3. The predicted octanol–water partition coefficient (Wildman–Crippen LogP) is 0.931. The van der Waals surface area contributed by atoms with E-state index in [1.807, 2.05) is 4.90 Å². The highest BCUT2D eigenvalue weighted by atomic mass is 16.5. The minimum absolute atomic E-state index is 0.000475. The normalized spacial score (nSPS) is 19.4. The summed E-state index contributed by atoms with van der Waals surface area (Å²) in [6, 6.07) is 2.05. The maximum Gasteiger partial charge on any atom is 0.260 e. The Morgan fingerprint density at radius 1 is 1.50 bits per heavy atom. The maximum atomic E-state index is 12.3. The highest BCUT2D eigenvalue weighted by molar-refractivity contribution is 5.77. The lowest BCUT2D eigenvalue weighted by Gasteiger charge is -2.41. The molecule has 1 amide bonds. The highest BCUT2D eigenvalue weighted by Gasteiger charge is 2.28. The van der Waals surface area contributed by atoms with Crippen molar-refractivity contribution in [2.75, 3.05) is 46.5 Å². The number of methoxy groups -OCH3 is 1. The Bertz CT molecular complexity index is 477. The van der Waals surface area contributed by atoms with E-state index in [0.29, 0.717) is 17.7 Å². The third-order valence-corrected chi connectivity index (χ3v) is 3.96. The number of aryl methyl sites for hydroxylation is 1. The standard InChI is InChI=1S/C15H25N3O4/c1-4-13-10-18(6-5-17(13)7-8-20-3)15(19)11-21-14-9-12(2)22-16-14/h9,13H,4-8,10-11H2,1-3H3. The van der Waals surface area contributed by atoms with Crippen LogP contribution in [0.2, 0.25) is 0 Å². The number of ether oxygens (including phenoxy) is 2. The predicted molar refractivity (Wildman–Crippen MR) is 80.8 cm³/mol. The first kappa shape index (κ1) is 16.8. The zero-order chi connectivity index (χ0) is 15.9. The number of aromatic nitrogens is 1. The molecular formula is C15H25N3O4. The molecule has 0 radical (unpaired) electrons. The summed E-state index contributed by atoms with van der Waals surface area (Å²) in [5.74, 6) is 1.02. The fourth-order valence-electron chi connectivity index (χ4n) is 2.65. The van der Waals surface area contributed by atoms with Crippen LogP contribution in [0.25, 0.3) is 0 Å². The molecule has 1 aromatic heterocycles. The molecular weight excluding hydrogens is 286 g/mol. The Balaban J connectivity index is 1.81. The molecule has 2 rings (SSSR count). The smallest absolute Gasteiger partial charge is 0.260 e. The summed E-state index contributed by atoms with van der Waals surface area (Å²) in [5.41, 5.74) is 0. The third-order valence-electron chi connectivity index (χ3n) is 3.96. The monoisotopic (exact) mass is 311 g/mol. The van der Waals surface area contributed by atoms with Gasteiger partial charge in [0.05, 0.1) is 6.61 Å². The minimum Gasteiger partial charge on any atom is -0.465 e. The van der Waals surface area contributed by atoms with Crippen LogP contribution >= 0.6 is 0 Å². The highest BCUT2D eigenvalue weighted by Crippen LogP contribution is 2.14. The van der Waals surface area contributed by atoms with Crippen molar-refractivity contribution >= 4 is 5.91 Å². The molecule has 1 aliphatic heterocycles. The summed E-state index contributed by atoms with van der Waals surface area (Å²) in [7, 11) is 1.71. The van der Waals surface area contributed by atoms with Crippen LogP contribution in [0.1, 0.15) is 19.1 Å². The van der Waals surface area contributed by atoms with Gasteiger partial charge in [-0.15, -0.1) is 0 Å². The van der Waals surface area contributed by atoms with Gasteiger partial charge in [0.25, 0.3) is 11.8 Å². The van der Waals surface area contributed by atoms with E-state index in [-0.39, 0.29) is 12.5 Å². The van der Waals surface area contributed by atoms with Crippen molar-refractivity contribution in [2.24, 2.45) is 0 Å². The topological polar surface area (TPSA) is 68.0 Å². The molecule has 1 aliphatic rings. The van der Waals surface area contributed by atoms with Crippen molar-refractivity contribution in [1.82, 2.24) is 15.0 Å². The summed E-state index contributed by atoms with van der Waals surface area (Å²) in [6.45, 7) is 7.89. The van der Waals surface area contributed by atoms with Crippen LogP contribution in [0.15, 0.2) is 10.6 Å². The van der Waals surface area contributed by atoms with E-state index < -0.39 is 0 Å². The van der Waals surface area contributed by atoms with Gasteiger partial charge in [0.1, 0.15) is 5.76 Å². The number of rotatable bonds is 7. The van der Waals surface area contributed by atoms with Gasteiger partial charge in [0.2, 0.25) is 0 Å². The van der Waals surface area contributed by atoms with Gasteiger partial charge < -0.3 is 18.9 Å². The Labute approximate surface area is 131 Å². The van der Waals surface area contributed by atoms with E-state index in [9.17, 15) is 4.79 Å². The van der Waals surface area contributed by atoms with E-state index >= 15 is 0 Å². The molecule has 0 spiro atoms. The molecule has 0 N–H and O–H groups in total. The van der Waals surface area contributed by atoms with Gasteiger partial charge >= 0.3 is 0 Å². The largest absolute Gasteiger partial charge is 0.465 e. The van der Waals surface area contributed by atoms with Crippen molar-refractivity contribution in [3.05, 3.63) is 11.8 Å². The summed E-state index contributed by atoms with van der Waals surface area (Å²) < 4.78 is 15.4. The van der Waals surface area contributed by atoms with Gasteiger partial charge in [0, 0.05) is 45.4 Å². The molecule has 124 valence electrons. The third kappa shape index (κ3) is 4.45. The Kier molecular flexibility index (Phi) is 6.21. The van der Waals surface area contributed by atoms with E-state index in [2.05, 4.69) is 17.0 Å². The molecule has 1 aromatic rings. The minimum atomic E-state index is -0.00880. The van der Waals surface area contributed by atoms with Crippen LogP contribution in [0.3, 0.4) is 0 Å². The van der Waals surface area contributed by atoms with Gasteiger partial charge in [-0.25, -0.2) is 0 Å². The van der Waals surface area contributed by atoms with Gasteiger partial charge in [0.15, 0.2) is 6.61 Å². The molecule has 1 atom stereocenters. The van der Waals surface area contributed by atoms with Crippen LogP contribution in [0, 0.1) is 6.92 Å². The number of piperazine rings is 1. The van der Waals surface area contributed by atoms with E-state index in [1.54, 1.807) is 20.1 Å². The second-order valence-corrected chi connectivity index (χ2v) is 5.50. The molecule has 2 heterocycles. The average molecular weight is 311 g/mol. The van der Waals surface area contributed by atoms with E-state index in [1.165, 1.54) is 0 Å². The van der Waals surface area contributed by atoms with Crippen LogP contribution < -0.4 is 4.74 Å². The maximum absolute atomic E-state index is 12.3. The van der Waals surface area contributed by atoms with Crippen molar-refractivity contribution in [3.8, 4) is 5.88 Å². The zero-order valence-corrected chi connectivity index (χ0v) is 13.6. The molecule has 0 bridgehead atoms. The van der Waals surface area contributed by atoms with Gasteiger partial charge in [-0.1, -0.05) is 6.92 Å². The van der Waals surface area contributed by atoms with Crippen molar-refractivity contribution in [3.63, 3.8) is 0 Å². The lowest BCUT2D eigenvalue weighted by molar-refractivity contribution is -0.136. The molecule has 7 nitrogen and oxygen atoms in total. The van der Waals surface area contributed by atoms with Crippen LogP contribution in [-0.2, 0) is 9.53 Å². The lowest BCUT2D eigenvalue weighted by atomic mass is 10.1. The first-order valence-electron chi connectivity index (χ1n) is 7.71. The number of hydrogen-bond donors (Lipinski definition) is 0. The molecule has 22 heavy (non-hydrogen) atoms. The number of carbonyl (C=O) groups is 1.